The van der Waals surface area contributed by atoms with Crippen LogP contribution in [0.3, 0.4) is 0 Å². The second-order valence-corrected chi connectivity index (χ2v) is 12.8. The maximum Gasteiger partial charge on any atom is 0.212 e. The lowest BCUT2D eigenvalue weighted by molar-refractivity contribution is 0.219. The number of likely N-dealkylation sites (N-methyl/N-ethyl adjacent to an activating group) is 1. The van der Waals surface area contributed by atoms with E-state index in [1.807, 2.05) is 25.2 Å². The lowest BCUT2D eigenvalue weighted by Gasteiger charge is -2.40. The fourth-order valence-corrected chi connectivity index (χ4v) is 7.64. The molecule has 1 N–H and O–H groups in total. The van der Waals surface area contributed by atoms with Crippen molar-refractivity contribution < 1.29 is 23.7 Å². The fraction of sp³-hybridized carbons (Fsp3) is 0.324. The van der Waals surface area contributed by atoms with Gasteiger partial charge in [-0.05, 0) is 115 Å². The van der Waals surface area contributed by atoms with Crippen molar-refractivity contribution in [3.8, 4) is 46.0 Å². The zero-order valence-electron chi connectivity index (χ0n) is 26.5. The lowest BCUT2D eigenvalue weighted by atomic mass is 9.86. The van der Waals surface area contributed by atoms with E-state index in [0.29, 0.717) is 46.0 Å². The molecule has 0 saturated carbocycles. The van der Waals surface area contributed by atoms with Gasteiger partial charge in [-0.3, -0.25) is 4.90 Å². The minimum absolute atomic E-state index is 0.0310. The van der Waals surface area contributed by atoms with Crippen molar-refractivity contribution in [1.29, 1.82) is 0 Å². The summed E-state index contributed by atoms with van der Waals surface area (Å²) >= 11 is 5.84. The Morgan fingerprint density at radius 2 is 1.48 bits per heavy atom. The van der Waals surface area contributed by atoms with Crippen LogP contribution in [-0.2, 0) is 25.7 Å². The van der Waals surface area contributed by atoms with Crippen LogP contribution in [0, 0.1) is 0 Å². The average molecular weight is 636 g/mol. The third-order valence-corrected chi connectivity index (χ3v) is 10.3. The van der Waals surface area contributed by atoms with Gasteiger partial charge in [0.15, 0.2) is 39.6 Å². The molecule has 0 fully saturated rings. The highest BCUT2D eigenvalue weighted by Gasteiger charge is 2.37. The van der Waals surface area contributed by atoms with Crippen LogP contribution in [0.15, 0.2) is 60.7 Å². The van der Waals surface area contributed by atoms with Gasteiger partial charge in [-0.2, -0.15) is 0 Å². The minimum atomic E-state index is -0.0310. The molecule has 0 radical (unpaired) electrons. The number of benzene rings is 4. The standard InChI is InChI=1S/C37H37N3O5S/c1-38-37(46)40-14-12-23-18-31-32-20-26(23)27(40)16-22-7-10-29(41-3)30(17-22)43-25-8-5-21(6-9-25)15-28-34-24(11-13-39(28)2)19-33(42-4)35(44-31)36(34)45-32/h5-10,17-20,27-28H,11-16H2,1-4H3,(H,38,46)/t27-,28-/m0/s1. The molecule has 8 nitrogen and oxygen atoms in total. The number of nitrogens with zero attached hydrogens (tertiary/aromatic N) is 2. The normalized spacial score (nSPS) is 19.3. The van der Waals surface area contributed by atoms with Gasteiger partial charge in [0, 0.05) is 31.7 Å². The summed E-state index contributed by atoms with van der Waals surface area (Å²) in [4.78, 5) is 4.69. The Labute approximate surface area is 274 Å². The summed E-state index contributed by atoms with van der Waals surface area (Å²) in [6.45, 7) is 1.72. The first-order chi connectivity index (χ1) is 22.4. The van der Waals surface area contributed by atoms with Crippen LogP contribution in [0.2, 0.25) is 0 Å². The van der Waals surface area contributed by atoms with Crippen molar-refractivity contribution in [1.82, 2.24) is 15.1 Å². The fourth-order valence-electron chi connectivity index (χ4n) is 7.42. The molecule has 9 heteroatoms. The Balaban J connectivity index is 1.34. The van der Waals surface area contributed by atoms with E-state index in [1.54, 1.807) is 14.2 Å². The van der Waals surface area contributed by atoms with Crippen LogP contribution in [0.25, 0.3) is 0 Å². The van der Waals surface area contributed by atoms with Crippen molar-refractivity contribution in [2.75, 3.05) is 41.4 Å². The molecule has 0 unspecified atom stereocenters. The Morgan fingerprint density at radius 3 is 2.26 bits per heavy atom. The van der Waals surface area contributed by atoms with Gasteiger partial charge >= 0.3 is 0 Å². The van der Waals surface area contributed by atoms with Crippen molar-refractivity contribution in [2.24, 2.45) is 0 Å². The molecule has 0 aliphatic carbocycles. The van der Waals surface area contributed by atoms with Gasteiger partial charge in [-0.15, -0.1) is 0 Å². The topological polar surface area (TPSA) is 64.7 Å². The van der Waals surface area contributed by atoms with Crippen LogP contribution in [0.5, 0.6) is 46.0 Å². The van der Waals surface area contributed by atoms with Crippen molar-refractivity contribution in [3.63, 3.8) is 0 Å². The predicted octanol–water partition coefficient (Wildman–Crippen LogP) is 7.13. The second-order valence-electron chi connectivity index (χ2n) is 12.4. The summed E-state index contributed by atoms with van der Waals surface area (Å²) in [6.07, 6.45) is 3.25. The molecule has 0 amide bonds. The third kappa shape index (κ3) is 4.80. The number of ether oxygens (including phenoxy) is 5. The quantitative estimate of drug-likeness (QED) is 0.204. The van der Waals surface area contributed by atoms with Gasteiger partial charge in [0.25, 0.3) is 0 Å². The lowest BCUT2D eigenvalue weighted by Crippen LogP contribution is -2.45. The van der Waals surface area contributed by atoms with Gasteiger partial charge in [-0.1, -0.05) is 18.2 Å². The van der Waals surface area contributed by atoms with E-state index >= 15 is 0 Å². The third-order valence-electron chi connectivity index (χ3n) is 9.84. The molecule has 7 bridgehead atoms. The molecule has 0 aromatic heterocycles. The minimum Gasteiger partial charge on any atom is -0.493 e. The van der Waals surface area contributed by atoms with Crippen molar-refractivity contribution >= 4 is 17.3 Å². The van der Waals surface area contributed by atoms with E-state index < -0.39 is 0 Å². The number of thiocarbonyl (C=S) groups is 1. The molecule has 5 heterocycles. The molecule has 236 valence electrons. The summed E-state index contributed by atoms with van der Waals surface area (Å²) in [7, 11) is 7.44. The highest BCUT2D eigenvalue weighted by Crippen LogP contribution is 2.56. The van der Waals surface area contributed by atoms with Gasteiger partial charge < -0.3 is 33.9 Å². The second kappa shape index (κ2) is 11.4. The van der Waals surface area contributed by atoms with Crippen molar-refractivity contribution in [3.05, 3.63) is 94.0 Å². The molecule has 0 spiro atoms. The number of nitrogens with one attached hydrogen (secondary N) is 1. The van der Waals surface area contributed by atoms with Crippen LogP contribution in [-0.4, -0.2) is 56.3 Å². The number of fused-ring (bicyclic) bond motifs is 2. The van der Waals surface area contributed by atoms with Crippen LogP contribution in [0.4, 0.5) is 0 Å². The maximum absolute atomic E-state index is 6.94. The molecular formula is C37H37N3O5S. The largest absolute Gasteiger partial charge is 0.493 e. The van der Waals surface area contributed by atoms with Crippen LogP contribution in [0.1, 0.15) is 45.5 Å². The molecular weight excluding hydrogens is 598 g/mol. The molecule has 4 aromatic carbocycles. The summed E-state index contributed by atoms with van der Waals surface area (Å²) in [5.74, 6) is 5.63. The zero-order valence-corrected chi connectivity index (χ0v) is 27.3. The van der Waals surface area contributed by atoms with E-state index in [2.05, 4.69) is 64.6 Å². The van der Waals surface area contributed by atoms with E-state index in [0.717, 1.165) is 55.0 Å². The Hall–Kier alpha value is -4.47. The smallest absolute Gasteiger partial charge is 0.212 e. The first-order valence-electron chi connectivity index (χ1n) is 15.8. The Bertz CT molecular complexity index is 1860. The molecule has 5 aliphatic heterocycles. The van der Waals surface area contributed by atoms with Gasteiger partial charge in [-0.25, -0.2) is 0 Å². The summed E-state index contributed by atoms with van der Waals surface area (Å²) < 4.78 is 31.7. The monoisotopic (exact) mass is 635 g/mol. The predicted molar refractivity (Wildman–Crippen MR) is 180 cm³/mol. The van der Waals surface area contributed by atoms with Gasteiger partial charge in [0.1, 0.15) is 5.75 Å². The molecule has 46 heavy (non-hydrogen) atoms. The maximum atomic E-state index is 6.94. The Morgan fingerprint density at radius 1 is 0.761 bits per heavy atom. The summed E-state index contributed by atoms with van der Waals surface area (Å²) in [5.41, 5.74) is 7.10. The van der Waals surface area contributed by atoms with E-state index in [1.165, 1.54) is 22.3 Å². The first-order valence-corrected chi connectivity index (χ1v) is 16.2. The molecule has 2 atom stereocenters. The molecule has 5 aliphatic rings. The highest BCUT2D eigenvalue weighted by molar-refractivity contribution is 7.80. The average Bonchev–Trinajstić information content (AvgIpc) is 3.07. The highest BCUT2D eigenvalue weighted by atomic mass is 32.1. The number of methoxy groups -OCH3 is 2. The van der Waals surface area contributed by atoms with Gasteiger partial charge in [0.2, 0.25) is 5.75 Å². The van der Waals surface area contributed by atoms with Crippen LogP contribution >= 0.6 is 12.2 Å². The number of hydrogen-bond donors (Lipinski definition) is 1. The Kier molecular flexibility index (Phi) is 7.18. The SMILES string of the molecule is CNC(=S)N1CCc2cc3c4cc2[C@@H]1Cc1ccc(OC)c(c1)Oc1ccc(cc1)C[C@H]1c2c(cc(OC)c(c2O4)O3)CCN1C. The number of hydrogen-bond acceptors (Lipinski definition) is 7. The summed E-state index contributed by atoms with van der Waals surface area (Å²) in [6, 6.07) is 21.0. The molecule has 4 aromatic rings. The van der Waals surface area contributed by atoms with E-state index in [9.17, 15) is 0 Å². The number of rotatable bonds is 2. The molecule has 0 saturated heterocycles. The van der Waals surface area contributed by atoms with Crippen molar-refractivity contribution in [2.45, 2.75) is 37.8 Å². The zero-order chi connectivity index (χ0) is 31.5. The molecule has 9 rings (SSSR count). The van der Waals surface area contributed by atoms with E-state index in [-0.39, 0.29) is 12.1 Å². The van der Waals surface area contributed by atoms with Gasteiger partial charge in [0.05, 0.1) is 20.3 Å². The first kappa shape index (κ1) is 29.0. The van der Waals surface area contributed by atoms with E-state index in [4.69, 9.17) is 35.9 Å². The summed E-state index contributed by atoms with van der Waals surface area (Å²) in [5, 5.41) is 3.93. The van der Waals surface area contributed by atoms with Crippen LogP contribution < -0.4 is 29.0 Å².